The Labute approximate surface area is 172 Å². The summed E-state index contributed by atoms with van der Waals surface area (Å²) in [5, 5.41) is 6.70. The second-order valence-corrected chi connectivity index (χ2v) is 6.40. The number of hydrogen-bond acceptors (Lipinski definition) is 3. The van der Waals surface area contributed by atoms with E-state index in [0.29, 0.717) is 11.9 Å². The summed E-state index contributed by atoms with van der Waals surface area (Å²) in [6, 6.07) is 10.4. The fourth-order valence-corrected chi connectivity index (χ4v) is 2.38. The van der Waals surface area contributed by atoms with Crippen LogP contribution in [-0.4, -0.2) is 17.9 Å². The van der Waals surface area contributed by atoms with E-state index >= 15 is 0 Å². The number of nitrogens with one attached hydrogen (secondary N) is 2. The highest BCUT2D eigenvalue weighted by Crippen LogP contribution is 2.32. The monoisotopic (exact) mass is 419 g/mol. The molecule has 0 aliphatic rings. The Balaban J connectivity index is 1.99. The molecule has 0 unspecified atom stereocenters. The molecule has 2 N–H and O–H groups in total. The largest absolute Gasteiger partial charge is 0.419 e. The van der Waals surface area contributed by atoms with E-state index in [1.807, 2.05) is 31.2 Å². The third-order valence-electron chi connectivity index (χ3n) is 3.71. The van der Waals surface area contributed by atoms with Crippen molar-refractivity contribution >= 4 is 23.6 Å². The van der Waals surface area contributed by atoms with Gasteiger partial charge in [-0.25, -0.2) is 14.4 Å². The maximum atomic E-state index is 13.4. The number of amidine groups is 2. The number of benzene rings is 2. The first kappa shape index (κ1) is 22.8. The summed E-state index contributed by atoms with van der Waals surface area (Å²) in [5.41, 5.74) is 3.40. The predicted molar refractivity (Wildman–Crippen MR) is 112 cm³/mol. The Kier molecular flexibility index (Phi) is 7.46. The van der Waals surface area contributed by atoms with Crippen molar-refractivity contribution in [2.24, 2.45) is 15.1 Å². The number of aliphatic imine (C=N–C) groups is 2. The van der Waals surface area contributed by atoms with Crippen LogP contribution in [0.5, 0.6) is 0 Å². The van der Waals surface area contributed by atoms with Gasteiger partial charge in [0.2, 0.25) is 0 Å². The van der Waals surface area contributed by atoms with Crippen molar-refractivity contribution in [3.63, 3.8) is 0 Å². The lowest BCUT2D eigenvalue weighted by atomic mass is 10.2. The van der Waals surface area contributed by atoms with Gasteiger partial charge in [-0.05, 0) is 44.5 Å². The normalized spacial score (nSPS) is 12.9. The molecule has 0 heterocycles. The molecule has 0 aliphatic heterocycles. The number of anilines is 1. The maximum Gasteiger partial charge on any atom is 0.419 e. The lowest BCUT2D eigenvalue weighted by Crippen LogP contribution is -2.13. The number of hydrogen-bond donors (Lipinski definition) is 2. The summed E-state index contributed by atoms with van der Waals surface area (Å²) in [5.74, 6) is -0.546. The van der Waals surface area contributed by atoms with Crippen LogP contribution in [0.15, 0.2) is 70.0 Å². The summed E-state index contributed by atoms with van der Waals surface area (Å²) < 4.78 is 51.8. The number of alkyl halides is 3. The lowest BCUT2D eigenvalue weighted by molar-refractivity contribution is -0.139. The smallest absolute Gasteiger partial charge is 0.344 e. The molecule has 0 aliphatic carbocycles. The van der Waals surface area contributed by atoms with E-state index in [4.69, 9.17) is 0 Å². The first-order valence-corrected chi connectivity index (χ1v) is 8.83. The number of aryl methyl sites for hydroxylation is 1. The van der Waals surface area contributed by atoms with E-state index < -0.39 is 17.6 Å². The van der Waals surface area contributed by atoms with Gasteiger partial charge in [0.15, 0.2) is 0 Å². The van der Waals surface area contributed by atoms with Crippen LogP contribution in [0, 0.1) is 12.7 Å². The Morgan fingerprint density at radius 1 is 1.03 bits per heavy atom. The van der Waals surface area contributed by atoms with Crippen LogP contribution in [0.2, 0.25) is 0 Å². The van der Waals surface area contributed by atoms with Crippen LogP contribution in [0.3, 0.4) is 0 Å². The Morgan fingerprint density at radius 2 is 1.70 bits per heavy atom. The number of rotatable bonds is 5. The van der Waals surface area contributed by atoms with Crippen LogP contribution in [0.4, 0.5) is 23.2 Å². The highest BCUT2D eigenvalue weighted by molar-refractivity contribution is 6.02. The molecule has 0 bridgehead atoms. The molecule has 0 fully saturated rings. The standard InChI is InChI=1S/C21H21F4N5/c1-13-5-7-17(8-6-13)12-26-30-16(4)28-14(2)27-15(3)29-18-9-10-20(22)19(11-18)21(23,24)25/h5-12,30H,4H2,1-3H3,(H,27,28,29)/b26-12+. The molecule has 0 amide bonds. The zero-order valence-electron chi connectivity index (χ0n) is 16.7. The number of nitrogens with zero attached hydrogens (tertiary/aromatic N) is 3. The average Bonchev–Trinajstić information content (AvgIpc) is 2.63. The minimum atomic E-state index is -4.79. The van der Waals surface area contributed by atoms with Crippen molar-refractivity contribution < 1.29 is 17.6 Å². The number of halogens is 4. The van der Waals surface area contributed by atoms with Gasteiger partial charge in [-0.2, -0.15) is 18.3 Å². The average molecular weight is 419 g/mol. The fourth-order valence-electron chi connectivity index (χ4n) is 2.38. The quantitative estimate of drug-likeness (QED) is 0.291. The molecule has 2 aromatic rings. The van der Waals surface area contributed by atoms with Gasteiger partial charge in [0.25, 0.3) is 0 Å². The zero-order chi connectivity index (χ0) is 22.3. The van der Waals surface area contributed by atoms with Gasteiger partial charge < -0.3 is 5.32 Å². The maximum absolute atomic E-state index is 13.4. The first-order chi connectivity index (χ1) is 14.0. The van der Waals surface area contributed by atoms with Crippen LogP contribution in [-0.2, 0) is 6.18 Å². The van der Waals surface area contributed by atoms with E-state index in [2.05, 4.69) is 32.4 Å². The molecule has 2 rings (SSSR count). The molecule has 5 nitrogen and oxygen atoms in total. The molecule has 0 aromatic heterocycles. The molecule has 9 heteroatoms. The van der Waals surface area contributed by atoms with Crippen molar-refractivity contribution in [2.45, 2.75) is 26.9 Å². The first-order valence-electron chi connectivity index (χ1n) is 8.83. The zero-order valence-corrected chi connectivity index (χ0v) is 16.7. The summed E-state index contributed by atoms with van der Waals surface area (Å²) >= 11 is 0. The minimum absolute atomic E-state index is 0.0532. The van der Waals surface area contributed by atoms with Gasteiger partial charge in [0.1, 0.15) is 23.3 Å². The second kappa shape index (κ2) is 9.82. The fraction of sp³-hybridized carbons (Fsp3) is 0.190. The van der Waals surface area contributed by atoms with Gasteiger partial charge in [0, 0.05) is 5.69 Å². The van der Waals surface area contributed by atoms with Crippen LogP contribution in [0.25, 0.3) is 0 Å². The Morgan fingerprint density at radius 3 is 2.33 bits per heavy atom. The minimum Gasteiger partial charge on any atom is -0.344 e. The highest BCUT2D eigenvalue weighted by Gasteiger charge is 2.34. The molecule has 0 atom stereocenters. The summed E-state index contributed by atoms with van der Waals surface area (Å²) in [6.45, 7) is 8.83. The van der Waals surface area contributed by atoms with E-state index in [1.165, 1.54) is 6.07 Å². The third kappa shape index (κ3) is 7.16. The SMILES string of the molecule is C=C(/N=C(/C)N=C(C)Nc1ccc(F)c(C(F)(F)F)c1)N/N=C/c1ccc(C)cc1. The van der Waals surface area contributed by atoms with E-state index in [0.717, 1.165) is 17.2 Å². The van der Waals surface area contributed by atoms with Gasteiger partial charge in [0.05, 0.1) is 11.8 Å². The highest BCUT2D eigenvalue weighted by atomic mass is 19.4. The summed E-state index contributed by atoms with van der Waals surface area (Å²) in [6.07, 6.45) is -3.18. The summed E-state index contributed by atoms with van der Waals surface area (Å²) in [7, 11) is 0. The third-order valence-corrected chi connectivity index (χ3v) is 3.71. The Hall–Kier alpha value is -3.49. The molecule has 2 aromatic carbocycles. The Bertz CT molecular complexity index is 989. The molecule has 0 radical (unpaired) electrons. The van der Waals surface area contributed by atoms with Crippen molar-refractivity contribution in [3.05, 3.63) is 77.4 Å². The number of hydrazone groups is 1. The van der Waals surface area contributed by atoms with Crippen molar-refractivity contribution in [1.82, 2.24) is 5.43 Å². The molecular formula is C21H21F4N5. The van der Waals surface area contributed by atoms with Crippen LogP contribution >= 0.6 is 0 Å². The summed E-state index contributed by atoms with van der Waals surface area (Å²) in [4.78, 5) is 8.23. The van der Waals surface area contributed by atoms with Gasteiger partial charge in [-0.15, -0.1) is 0 Å². The molecule has 30 heavy (non-hydrogen) atoms. The van der Waals surface area contributed by atoms with Crippen LogP contribution in [0.1, 0.15) is 30.5 Å². The van der Waals surface area contributed by atoms with Crippen LogP contribution < -0.4 is 10.7 Å². The van der Waals surface area contributed by atoms with E-state index in [9.17, 15) is 17.6 Å². The van der Waals surface area contributed by atoms with Crippen molar-refractivity contribution in [2.75, 3.05) is 5.32 Å². The van der Waals surface area contributed by atoms with Gasteiger partial charge in [-0.1, -0.05) is 36.4 Å². The van der Waals surface area contributed by atoms with E-state index in [-0.39, 0.29) is 17.3 Å². The molecule has 158 valence electrons. The van der Waals surface area contributed by atoms with Gasteiger partial charge >= 0.3 is 6.18 Å². The molecule has 0 spiro atoms. The second-order valence-electron chi connectivity index (χ2n) is 6.40. The van der Waals surface area contributed by atoms with Crippen molar-refractivity contribution in [3.8, 4) is 0 Å². The predicted octanol–water partition coefficient (Wildman–Crippen LogP) is 5.50. The molecular weight excluding hydrogens is 398 g/mol. The van der Waals surface area contributed by atoms with E-state index in [1.54, 1.807) is 20.1 Å². The van der Waals surface area contributed by atoms with Gasteiger partial charge in [-0.3, -0.25) is 5.43 Å². The lowest BCUT2D eigenvalue weighted by Gasteiger charge is -2.11. The molecule has 0 saturated heterocycles. The topological polar surface area (TPSA) is 61.1 Å². The van der Waals surface area contributed by atoms with Crippen molar-refractivity contribution in [1.29, 1.82) is 0 Å². The molecule has 0 saturated carbocycles.